The van der Waals surface area contributed by atoms with Gasteiger partial charge in [0.25, 0.3) is 5.91 Å². The number of methoxy groups -OCH3 is 1. The molecule has 1 saturated heterocycles. The number of thiophene rings is 1. The van der Waals surface area contributed by atoms with Gasteiger partial charge in [0, 0.05) is 29.3 Å². The van der Waals surface area contributed by atoms with Gasteiger partial charge in [-0.1, -0.05) is 25.1 Å². The summed E-state index contributed by atoms with van der Waals surface area (Å²) >= 11 is 1.57. The maximum absolute atomic E-state index is 13.0. The van der Waals surface area contributed by atoms with E-state index in [9.17, 15) is 14.7 Å². The van der Waals surface area contributed by atoms with Crippen molar-refractivity contribution in [3.05, 3.63) is 51.2 Å². The van der Waals surface area contributed by atoms with Crippen molar-refractivity contribution < 1.29 is 19.4 Å². The Morgan fingerprint density at radius 3 is 2.69 bits per heavy atom. The Morgan fingerprint density at radius 1 is 1.31 bits per heavy atom. The monoisotopic (exact) mass is 373 g/mol. The summed E-state index contributed by atoms with van der Waals surface area (Å²) in [6.07, 6.45) is 0.794. The molecule has 3 rings (SSSR count). The molecule has 1 fully saturated rings. The fraction of sp³-hybridized carbons (Fsp3) is 0.400. The highest BCUT2D eigenvalue weighted by Gasteiger charge is 2.42. The van der Waals surface area contributed by atoms with Crippen molar-refractivity contribution >= 4 is 23.2 Å². The molecule has 1 aliphatic heterocycles. The molecular formula is C20H23NO4S. The molecule has 0 unspecified atom stereocenters. The van der Waals surface area contributed by atoms with Crippen molar-refractivity contribution in [2.24, 2.45) is 5.92 Å². The summed E-state index contributed by atoms with van der Waals surface area (Å²) in [5.41, 5.74) is 2.61. The van der Waals surface area contributed by atoms with Crippen LogP contribution < -0.4 is 4.74 Å². The number of rotatable bonds is 5. The number of para-hydroxylation sites is 1. The topological polar surface area (TPSA) is 66.8 Å². The van der Waals surface area contributed by atoms with Crippen molar-refractivity contribution in [3.8, 4) is 5.75 Å². The molecule has 1 aliphatic rings. The molecule has 0 bridgehead atoms. The lowest BCUT2D eigenvalue weighted by Gasteiger charge is -2.18. The average molecular weight is 373 g/mol. The minimum atomic E-state index is -0.881. The van der Waals surface area contributed by atoms with Crippen molar-refractivity contribution in [2.75, 3.05) is 20.2 Å². The van der Waals surface area contributed by atoms with E-state index in [0.717, 1.165) is 22.4 Å². The van der Waals surface area contributed by atoms with E-state index in [4.69, 9.17) is 4.74 Å². The van der Waals surface area contributed by atoms with Crippen LogP contribution in [-0.2, 0) is 11.2 Å². The molecule has 5 nitrogen and oxygen atoms in total. The molecule has 2 aromatic rings. The van der Waals surface area contributed by atoms with E-state index in [1.54, 1.807) is 23.3 Å². The minimum Gasteiger partial charge on any atom is -0.496 e. The van der Waals surface area contributed by atoms with Crippen LogP contribution in [0.3, 0.4) is 0 Å². The predicted octanol–water partition coefficient (Wildman–Crippen LogP) is 3.57. The number of hydrogen-bond acceptors (Lipinski definition) is 4. The second-order valence-electron chi connectivity index (χ2n) is 6.54. The largest absolute Gasteiger partial charge is 0.496 e. The lowest BCUT2D eigenvalue weighted by atomic mass is 9.88. The second kappa shape index (κ2) is 7.50. The Morgan fingerprint density at radius 2 is 2.04 bits per heavy atom. The molecular weight excluding hydrogens is 350 g/mol. The van der Waals surface area contributed by atoms with Crippen LogP contribution in [0.25, 0.3) is 0 Å². The second-order valence-corrected chi connectivity index (χ2v) is 7.62. The third kappa shape index (κ3) is 3.21. The standard InChI is InChI=1S/C20H23NO4S/c1-4-13-12(2)26-11-17(13)19(22)21-9-15(16(10-21)20(23)24)14-7-5-6-8-18(14)25-3/h5-8,11,15-16H,4,9-10H2,1-3H3,(H,23,24)/t15-,16+/m0/s1. The lowest BCUT2D eigenvalue weighted by molar-refractivity contribution is -0.141. The molecule has 0 aliphatic carbocycles. The fourth-order valence-electron chi connectivity index (χ4n) is 3.78. The Hall–Kier alpha value is -2.34. The van der Waals surface area contributed by atoms with Crippen molar-refractivity contribution in [3.63, 3.8) is 0 Å². The quantitative estimate of drug-likeness (QED) is 0.870. The normalized spacial score (nSPS) is 19.6. The summed E-state index contributed by atoms with van der Waals surface area (Å²) in [7, 11) is 1.58. The molecule has 0 spiro atoms. The van der Waals surface area contributed by atoms with Gasteiger partial charge in [0.1, 0.15) is 5.75 Å². The van der Waals surface area contributed by atoms with E-state index in [0.29, 0.717) is 17.9 Å². The molecule has 138 valence electrons. The number of likely N-dealkylation sites (tertiary alicyclic amines) is 1. The number of carbonyl (C=O) groups is 2. The first-order valence-electron chi connectivity index (χ1n) is 8.69. The first-order chi connectivity index (χ1) is 12.5. The third-order valence-electron chi connectivity index (χ3n) is 5.15. The van der Waals surface area contributed by atoms with Gasteiger partial charge in [0.05, 0.1) is 18.6 Å². The highest BCUT2D eigenvalue weighted by Crippen LogP contribution is 2.38. The molecule has 0 radical (unpaired) electrons. The SMILES string of the molecule is CCc1c(C(=O)N2C[C@@H](C(=O)O)[C@H](c3ccccc3OC)C2)csc1C. The molecule has 0 saturated carbocycles. The van der Waals surface area contributed by atoms with E-state index in [2.05, 4.69) is 0 Å². The lowest BCUT2D eigenvalue weighted by Crippen LogP contribution is -2.30. The number of carboxylic acid groups (broad SMARTS) is 1. The van der Waals surface area contributed by atoms with Crippen LogP contribution >= 0.6 is 11.3 Å². The Bertz CT molecular complexity index is 829. The first kappa shape index (κ1) is 18.5. The van der Waals surface area contributed by atoms with Gasteiger partial charge in [0.15, 0.2) is 0 Å². The average Bonchev–Trinajstić information content (AvgIpc) is 3.24. The van der Waals surface area contributed by atoms with Crippen LogP contribution in [0.2, 0.25) is 0 Å². The smallest absolute Gasteiger partial charge is 0.308 e. The van der Waals surface area contributed by atoms with Gasteiger partial charge in [-0.3, -0.25) is 9.59 Å². The van der Waals surface area contributed by atoms with Gasteiger partial charge < -0.3 is 14.7 Å². The van der Waals surface area contributed by atoms with E-state index >= 15 is 0 Å². The Kier molecular flexibility index (Phi) is 5.32. The van der Waals surface area contributed by atoms with E-state index in [-0.39, 0.29) is 18.4 Å². The van der Waals surface area contributed by atoms with Gasteiger partial charge in [0.2, 0.25) is 0 Å². The van der Waals surface area contributed by atoms with Gasteiger partial charge in [-0.05, 0) is 30.5 Å². The number of aryl methyl sites for hydroxylation is 1. The molecule has 26 heavy (non-hydrogen) atoms. The predicted molar refractivity (Wildman–Crippen MR) is 101 cm³/mol. The number of hydrogen-bond donors (Lipinski definition) is 1. The van der Waals surface area contributed by atoms with Crippen molar-refractivity contribution in [2.45, 2.75) is 26.2 Å². The fourth-order valence-corrected chi connectivity index (χ4v) is 4.71. The molecule has 2 heterocycles. The first-order valence-corrected chi connectivity index (χ1v) is 9.57. The summed E-state index contributed by atoms with van der Waals surface area (Å²) in [5, 5.41) is 11.6. The molecule has 2 atom stereocenters. The van der Waals surface area contributed by atoms with Crippen molar-refractivity contribution in [1.82, 2.24) is 4.90 Å². The highest BCUT2D eigenvalue weighted by atomic mass is 32.1. The molecule has 1 aromatic carbocycles. The third-order valence-corrected chi connectivity index (χ3v) is 6.10. The number of carboxylic acids is 1. The number of carbonyl (C=O) groups excluding carboxylic acids is 1. The number of ether oxygens (including phenoxy) is 1. The summed E-state index contributed by atoms with van der Waals surface area (Å²) in [4.78, 5) is 27.7. The molecule has 1 amide bonds. The summed E-state index contributed by atoms with van der Waals surface area (Å²) in [5.74, 6) is -1.21. The summed E-state index contributed by atoms with van der Waals surface area (Å²) < 4.78 is 5.41. The Labute approximate surface area is 157 Å². The zero-order valence-electron chi connectivity index (χ0n) is 15.2. The zero-order valence-corrected chi connectivity index (χ0v) is 16.0. The van der Waals surface area contributed by atoms with E-state index in [1.165, 1.54) is 0 Å². The van der Waals surface area contributed by atoms with Crippen LogP contribution in [0.5, 0.6) is 5.75 Å². The van der Waals surface area contributed by atoms with Gasteiger partial charge in [-0.15, -0.1) is 11.3 Å². The molecule has 1 N–H and O–H groups in total. The van der Waals surface area contributed by atoms with Gasteiger partial charge >= 0.3 is 5.97 Å². The van der Waals surface area contributed by atoms with Gasteiger partial charge in [-0.25, -0.2) is 0 Å². The summed E-state index contributed by atoms with van der Waals surface area (Å²) in [6.45, 7) is 4.65. The van der Waals surface area contributed by atoms with Crippen LogP contribution in [-0.4, -0.2) is 42.1 Å². The maximum Gasteiger partial charge on any atom is 0.308 e. The zero-order chi connectivity index (χ0) is 18.8. The van der Waals surface area contributed by atoms with Gasteiger partial charge in [-0.2, -0.15) is 0 Å². The number of benzene rings is 1. The maximum atomic E-state index is 13.0. The van der Waals surface area contributed by atoms with E-state index < -0.39 is 11.9 Å². The number of nitrogens with zero attached hydrogens (tertiary/aromatic N) is 1. The Balaban J connectivity index is 1.92. The van der Waals surface area contributed by atoms with Crippen LogP contribution in [0, 0.1) is 12.8 Å². The van der Waals surface area contributed by atoms with Crippen LogP contribution in [0.1, 0.15) is 39.2 Å². The minimum absolute atomic E-state index is 0.0742. The molecule has 1 aromatic heterocycles. The number of aliphatic carboxylic acids is 1. The van der Waals surface area contributed by atoms with Crippen LogP contribution in [0.4, 0.5) is 0 Å². The molecule has 6 heteroatoms. The highest BCUT2D eigenvalue weighted by molar-refractivity contribution is 7.10. The van der Waals surface area contributed by atoms with Crippen LogP contribution in [0.15, 0.2) is 29.6 Å². The van der Waals surface area contributed by atoms with Crippen molar-refractivity contribution in [1.29, 1.82) is 0 Å². The van der Waals surface area contributed by atoms with E-state index in [1.807, 2.05) is 43.5 Å². The number of amides is 1. The summed E-state index contributed by atoms with van der Waals surface area (Å²) in [6, 6.07) is 7.45.